The van der Waals surface area contributed by atoms with Gasteiger partial charge in [-0.1, -0.05) is 36.4 Å². The van der Waals surface area contributed by atoms with E-state index in [9.17, 15) is 19.5 Å². The highest BCUT2D eigenvalue weighted by Crippen LogP contribution is 2.25. The quantitative estimate of drug-likeness (QED) is 0.812. The van der Waals surface area contributed by atoms with Crippen LogP contribution in [-0.4, -0.2) is 47.6 Å². The number of benzene rings is 2. The third kappa shape index (κ3) is 3.83. The van der Waals surface area contributed by atoms with Crippen LogP contribution in [0.4, 0.5) is 0 Å². The summed E-state index contributed by atoms with van der Waals surface area (Å²) in [6.45, 7) is 1.34. The van der Waals surface area contributed by atoms with Gasteiger partial charge in [0.1, 0.15) is 17.4 Å². The van der Waals surface area contributed by atoms with Gasteiger partial charge in [-0.25, -0.2) is 9.59 Å². The van der Waals surface area contributed by atoms with Crippen molar-refractivity contribution >= 4 is 17.8 Å². The highest BCUT2D eigenvalue weighted by Gasteiger charge is 2.35. The Balaban J connectivity index is 1.74. The van der Waals surface area contributed by atoms with Crippen LogP contribution in [0.2, 0.25) is 0 Å². The fourth-order valence-electron chi connectivity index (χ4n) is 3.24. The molecule has 1 N–H and O–H groups in total. The molecule has 0 aromatic heterocycles. The van der Waals surface area contributed by atoms with E-state index in [2.05, 4.69) is 0 Å². The molecule has 28 heavy (non-hydrogen) atoms. The van der Waals surface area contributed by atoms with E-state index >= 15 is 0 Å². The van der Waals surface area contributed by atoms with Gasteiger partial charge in [0.05, 0.1) is 7.11 Å². The van der Waals surface area contributed by atoms with Gasteiger partial charge in [0.2, 0.25) is 0 Å². The molecule has 0 aliphatic carbocycles. The smallest absolute Gasteiger partial charge is 0.342 e. The summed E-state index contributed by atoms with van der Waals surface area (Å²) in [4.78, 5) is 38.5. The van der Waals surface area contributed by atoms with Gasteiger partial charge >= 0.3 is 11.9 Å². The summed E-state index contributed by atoms with van der Waals surface area (Å²) >= 11 is 0. The maximum atomic E-state index is 12.7. The Labute approximate surface area is 162 Å². The van der Waals surface area contributed by atoms with Crippen LogP contribution < -0.4 is 0 Å². The number of hydrogen-bond donors (Lipinski definition) is 1. The minimum absolute atomic E-state index is 0.0127. The van der Waals surface area contributed by atoms with Crippen LogP contribution in [0.1, 0.15) is 27.0 Å². The van der Waals surface area contributed by atoms with E-state index in [1.165, 1.54) is 18.1 Å². The molecular weight excluding hydrogens is 362 g/mol. The average Bonchev–Trinajstić information content (AvgIpc) is 2.72. The lowest BCUT2D eigenvalue weighted by molar-refractivity contribution is -0.155. The van der Waals surface area contributed by atoms with Gasteiger partial charge in [-0.3, -0.25) is 4.79 Å². The van der Waals surface area contributed by atoms with Gasteiger partial charge in [0.25, 0.3) is 5.91 Å². The number of rotatable bonds is 4. The number of fused-ring (bicyclic) bond motifs is 1. The molecule has 0 unspecified atom stereocenters. The fraction of sp³-hybridized carbons (Fsp3) is 0.286. The number of carbonyl (C=O) groups excluding carboxylic acids is 3. The summed E-state index contributed by atoms with van der Waals surface area (Å²) in [5.41, 5.74) is 2.42. The van der Waals surface area contributed by atoms with Crippen molar-refractivity contribution in [3.63, 3.8) is 0 Å². The number of para-hydroxylation sites is 1. The number of methoxy groups -OCH3 is 1. The van der Waals surface area contributed by atoms with Crippen molar-refractivity contribution in [3.05, 3.63) is 64.7 Å². The van der Waals surface area contributed by atoms with E-state index in [0.29, 0.717) is 12.0 Å². The topological polar surface area (TPSA) is 93.1 Å². The summed E-state index contributed by atoms with van der Waals surface area (Å²) < 4.78 is 9.92. The predicted molar refractivity (Wildman–Crippen MR) is 99.6 cm³/mol. The minimum atomic E-state index is -0.804. The summed E-state index contributed by atoms with van der Waals surface area (Å²) in [5.74, 6) is -2.02. The second-order valence-electron chi connectivity index (χ2n) is 6.58. The molecule has 0 radical (unpaired) electrons. The SMILES string of the molecule is COC(=O)[C@@H]1Cc2ccccc2CN1C(=O)COC(=O)c1cccc(C)c1O. The van der Waals surface area contributed by atoms with E-state index in [-0.39, 0.29) is 17.9 Å². The van der Waals surface area contributed by atoms with Crippen LogP contribution in [0, 0.1) is 6.92 Å². The van der Waals surface area contributed by atoms with Crippen LogP contribution in [0.3, 0.4) is 0 Å². The Bertz CT molecular complexity index is 923. The molecule has 7 heteroatoms. The monoisotopic (exact) mass is 383 g/mol. The van der Waals surface area contributed by atoms with Crippen LogP contribution in [0.5, 0.6) is 5.75 Å². The average molecular weight is 383 g/mol. The Morgan fingerprint density at radius 1 is 1.11 bits per heavy atom. The number of carbonyl (C=O) groups is 3. The second-order valence-corrected chi connectivity index (χ2v) is 6.58. The third-order valence-corrected chi connectivity index (χ3v) is 4.83. The number of phenols is 1. The summed E-state index contributed by atoms with van der Waals surface area (Å²) in [5, 5.41) is 9.98. The van der Waals surface area contributed by atoms with E-state index in [0.717, 1.165) is 11.1 Å². The van der Waals surface area contributed by atoms with Crippen molar-refractivity contribution in [3.8, 4) is 5.75 Å². The Kier molecular flexibility index (Phi) is 5.63. The molecule has 3 rings (SSSR count). The molecule has 0 saturated carbocycles. The highest BCUT2D eigenvalue weighted by atomic mass is 16.5. The lowest BCUT2D eigenvalue weighted by atomic mass is 9.94. The molecule has 1 heterocycles. The highest BCUT2D eigenvalue weighted by molar-refractivity contribution is 5.94. The van der Waals surface area contributed by atoms with Crippen LogP contribution in [0.25, 0.3) is 0 Å². The number of aryl methyl sites for hydroxylation is 1. The molecular formula is C21H21NO6. The zero-order chi connectivity index (χ0) is 20.3. The number of phenolic OH excluding ortho intramolecular Hbond substituents is 1. The second kappa shape index (κ2) is 8.12. The molecule has 1 amide bonds. The normalized spacial score (nSPS) is 15.5. The largest absolute Gasteiger partial charge is 0.507 e. The van der Waals surface area contributed by atoms with Crippen LogP contribution >= 0.6 is 0 Å². The number of aromatic hydroxyl groups is 1. The lowest BCUT2D eigenvalue weighted by Gasteiger charge is -2.35. The zero-order valence-corrected chi connectivity index (χ0v) is 15.7. The van der Waals surface area contributed by atoms with Gasteiger partial charge in [-0.05, 0) is 29.7 Å². The number of amides is 1. The third-order valence-electron chi connectivity index (χ3n) is 4.83. The maximum Gasteiger partial charge on any atom is 0.342 e. The van der Waals surface area contributed by atoms with Crippen molar-refractivity contribution in [2.75, 3.05) is 13.7 Å². The first-order valence-corrected chi connectivity index (χ1v) is 8.82. The van der Waals surface area contributed by atoms with E-state index in [4.69, 9.17) is 9.47 Å². The molecule has 2 aromatic rings. The van der Waals surface area contributed by atoms with Crippen molar-refractivity contribution < 1.29 is 29.0 Å². The van der Waals surface area contributed by atoms with Crippen LogP contribution in [0.15, 0.2) is 42.5 Å². The zero-order valence-electron chi connectivity index (χ0n) is 15.7. The first-order valence-electron chi connectivity index (χ1n) is 8.82. The molecule has 1 aliphatic rings. The summed E-state index contributed by atoms with van der Waals surface area (Å²) in [7, 11) is 1.27. The van der Waals surface area contributed by atoms with Crippen molar-refractivity contribution in [1.82, 2.24) is 4.90 Å². The number of ether oxygens (including phenoxy) is 2. The van der Waals surface area contributed by atoms with Crippen molar-refractivity contribution in [2.24, 2.45) is 0 Å². The molecule has 0 fully saturated rings. The number of nitrogens with zero attached hydrogens (tertiary/aromatic N) is 1. The number of hydrogen-bond acceptors (Lipinski definition) is 6. The molecule has 0 bridgehead atoms. The van der Waals surface area contributed by atoms with Gasteiger partial charge in [0.15, 0.2) is 6.61 Å². The summed E-state index contributed by atoms with van der Waals surface area (Å²) in [6.07, 6.45) is 0.335. The molecule has 7 nitrogen and oxygen atoms in total. The Morgan fingerprint density at radius 3 is 2.54 bits per heavy atom. The minimum Gasteiger partial charge on any atom is -0.507 e. The number of esters is 2. The van der Waals surface area contributed by atoms with Crippen LogP contribution in [-0.2, 0) is 32.0 Å². The van der Waals surface area contributed by atoms with Gasteiger partial charge in [0, 0.05) is 13.0 Å². The van der Waals surface area contributed by atoms with E-state index in [1.54, 1.807) is 19.1 Å². The predicted octanol–water partition coefficient (Wildman–Crippen LogP) is 1.98. The Morgan fingerprint density at radius 2 is 1.82 bits per heavy atom. The van der Waals surface area contributed by atoms with Gasteiger partial charge < -0.3 is 19.5 Å². The van der Waals surface area contributed by atoms with Crippen molar-refractivity contribution in [2.45, 2.75) is 25.9 Å². The van der Waals surface area contributed by atoms with Gasteiger partial charge in [-0.15, -0.1) is 0 Å². The molecule has 1 aliphatic heterocycles. The molecule has 1 atom stereocenters. The lowest BCUT2D eigenvalue weighted by Crippen LogP contribution is -2.50. The molecule has 0 spiro atoms. The Hall–Kier alpha value is -3.35. The first kappa shape index (κ1) is 19.4. The standard InChI is InChI=1S/C21H21NO6/c1-13-6-5-9-16(19(13)24)20(25)28-12-18(23)22-11-15-8-4-3-7-14(15)10-17(22)21(26)27-2/h3-9,17,24H,10-12H2,1-2H3/t17-/m0/s1. The molecule has 0 saturated heterocycles. The van der Waals surface area contributed by atoms with Gasteiger partial charge in [-0.2, -0.15) is 0 Å². The maximum absolute atomic E-state index is 12.7. The fourth-order valence-corrected chi connectivity index (χ4v) is 3.24. The van der Waals surface area contributed by atoms with E-state index in [1.807, 2.05) is 24.3 Å². The molecule has 146 valence electrons. The van der Waals surface area contributed by atoms with Crippen molar-refractivity contribution in [1.29, 1.82) is 0 Å². The summed E-state index contributed by atoms with van der Waals surface area (Å²) in [6, 6.07) is 11.4. The van der Waals surface area contributed by atoms with E-state index < -0.39 is 30.5 Å². The first-order chi connectivity index (χ1) is 13.4. The molecule has 2 aromatic carbocycles.